The predicted octanol–water partition coefficient (Wildman–Crippen LogP) is 2.15. The molecule has 0 atom stereocenters. The molecule has 4 N–H and O–H groups in total. The fourth-order valence-electron chi connectivity index (χ4n) is 3.65. The third-order valence-corrected chi connectivity index (χ3v) is 6.65. The van der Waals surface area contributed by atoms with Crippen LogP contribution < -0.4 is 21.3 Å². The summed E-state index contributed by atoms with van der Waals surface area (Å²) in [5.74, 6) is 1.50. The van der Waals surface area contributed by atoms with E-state index in [1.807, 2.05) is 12.3 Å². The smallest absolute Gasteiger partial charge is 0.220 e. The number of rotatable bonds is 8. The predicted molar refractivity (Wildman–Crippen MR) is 126 cm³/mol. The highest BCUT2D eigenvalue weighted by Gasteiger charge is 2.24. The molecule has 3 heterocycles. The summed E-state index contributed by atoms with van der Waals surface area (Å²) in [5, 5.41) is 7.86. The summed E-state index contributed by atoms with van der Waals surface area (Å²) >= 11 is 1.76. The van der Waals surface area contributed by atoms with Crippen LogP contribution in [-0.2, 0) is 17.8 Å². The van der Waals surface area contributed by atoms with Crippen molar-refractivity contribution in [2.24, 2.45) is 16.6 Å². The fourth-order valence-corrected chi connectivity index (χ4v) is 4.59. The van der Waals surface area contributed by atoms with E-state index in [1.165, 1.54) is 4.88 Å². The van der Waals surface area contributed by atoms with Gasteiger partial charge in [0.25, 0.3) is 0 Å². The Bertz CT molecular complexity index is 884. The maximum atomic E-state index is 11.5. The maximum absolute atomic E-state index is 11.5. The fraction of sp³-hybridized carbons (Fsp3) is 0.545. The normalized spacial score (nSPS) is 15.2. The summed E-state index contributed by atoms with van der Waals surface area (Å²) in [7, 11) is 0. The van der Waals surface area contributed by atoms with Gasteiger partial charge in [-0.05, 0) is 39.7 Å². The zero-order valence-electron chi connectivity index (χ0n) is 18.6. The molecule has 0 aromatic carbocycles. The molecule has 9 heteroatoms. The maximum Gasteiger partial charge on any atom is 0.220 e. The summed E-state index contributed by atoms with van der Waals surface area (Å²) in [5.41, 5.74) is 7.66. The van der Waals surface area contributed by atoms with Gasteiger partial charge in [-0.1, -0.05) is 6.07 Å². The molecule has 0 bridgehead atoms. The molecule has 168 valence electrons. The van der Waals surface area contributed by atoms with Crippen molar-refractivity contribution in [3.05, 3.63) is 39.5 Å². The van der Waals surface area contributed by atoms with Gasteiger partial charge < -0.3 is 21.3 Å². The number of amides is 1. The van der Waals surface area contributed by atoms with E-state index >= 15 is 0 Å². The van der Waals surface area contributed by atoms with Crippen LogP contribution in [0.1, 0.15) is 40.9 Å². The lowest BCUT2D eigenvalue weighted by atomic mass is 9.96. The van der Waals surface area contributed by atoms with Gasteiger partial charge in [0, 0.05) is 55.2 Å². The molecule has 0 saturated carbocycles. The second-order valence-corrected chi connectivity index (χ2v) is 9.06. The first kappa shape index (κ1) is 23.0. The van der Waals surface area contributed by atoms with Crippen molar-refractivity contribution >= 4 is 29.0 Å². The monoisotopic (exact) mass is 443 g/mol. The molecule has 1 amide bonds. The number of hydrogen-bond acceptors (Lipinski definition) is 6. The molecule has 0 unspecified atom stereocenters. The van der Waals surface area contributed by atoms with E-state index in [9.17, 15) is 4.79 Å². The molecule has 0 radical (unpaired) electrons. The van der Waals surface area contributed by atoms with Crippen molar-refractivity contribution in [1.82, 2.24) is 20.6 Å². The van der Waals surface area contributed by atoms with Crippen LogP contribution in [0.15, 0.2) is 23.3 Å². The molecule has 8 nitrogen and oxygen atoms in total. The number of carbonyl (C=O) groups is 1. The highest BCUT2D eigenvalue weighted by Crippen LogP contribution is 2.25. The van der Waals surface area contributed by atoms with E-state index in [0.29, 0.717) is 6.54 Å². The van der Waals surface area contributed by atoms with E-state index in [4.69, 9.17) is 10.7 Å². The number of piperidine rings is 1. The molecular weight excluding hydrogens is 410 g/mol. The van der Waals surface area contributed by atoms with Gasteiger partial charge >= 0.3 is 0 Å². The summed E-state index contributed by atoms with van der Waals surface area (Å²) in [4.78, 5) is 28.9. The number of pyridine rings is 1. The number of nitrogens with zero attached hydrogens (tertiary/aromatic N) is 4. The molecule has 1 saturated heterocycles. The first-order valence-electron chi connectivity index (χ1n) is 10.9. The Morgan fingerprint density at radius 2 is 2.10 bits per heavy atom. The number of aromatic nitrogens is 2. The molecular formula is C22H33N7OS. The topological polar surface area (TPSA) is 109 Å². The van der Waals surface area contributed by atoms with Gasteiger partial charge in [-0.15, -0.1) is 11.3 Å². The van der Waals surface area contributed by atoms with Crippen molar-refractivity contribution < 1.29 is 4.79 Å². The molecule has 1 aliphatic heterocycles. The van der Waals surface area contributed by atoms with Gasteiger partial charge in [0.05, 0.1) is 17.2 Å². The van der Waals surface area contributed by atoms with Crippen molar-refractivity contribution in [3.8, 4) is 0 Å². The minimum Gasteiger partial charge on any atom is -0.369 e. The first-order chi connectivity index (χ1) is 15.0. The number of anilines is 1. The second-order valence-electron chi connectivity index (χ2n) is 7.77. The van der Waals surface area contributed by atoms with Crippen molar-refractivity contribution in [2.75, 3.05) is 31.1 Å². The number of nitrogens with two attached hydrogens (primary N) is 1. The van der Waals surface area contributed by atoms with Gasteiger partial charge in [0.2, 0.25) is 5.91 Å². The van der Waals surface area contributed by atoms with E-state index < -0.39 is 0 Å². The van der Waals surface area contributed by atoms with Crippen LogP contribution in [0.25, 0.3) is 0 Å². The number of primary amides is 1. The van der Waals surface area contributed by atoms with E-state index in [2.05, 4.69) is 52.3 Å². The molecule has 31 heavy (non-hydrogen) atoms. The van der Waals surface area contributed by atoms with Crippen LogP contribution in [0, 0.1) is 19.8 Å². The van der Waals surface area contributed by atoms with Gasteiger partial charge in [-0.2, -0.15) is 0 Å². The number of aryl methyl sites for hydroxylation is 2. The Morgan fingerprint density at radius 1 is 1.32 bits per heavy atom. The number of aliphatic imine (C=N–C) groups is 1. The quantitative estimate of drug-likeness (QED) is 0.426. The standard InChI is InChI=1S/C22H33N7OS/c1-4-24-22(26-11-7-19-28-15(2)16(3)31-19)27-14-18-6-5-10-25-21(18)29-12-8-17(9-13-29)20(23)30/h5-6,10,17H,4,7-9,11-14H2,1-3H3,(H2,23,30)(H2,24,26,27). The lowest BCUT2D eigenvalue weighted by molar-refractivity contribution is -0.122. The van der Waals surface area contributed by atoms with Crippen molar-refractivity contribution in [1.29, 1.82) is 0 Å². The van der Waals surface area contributed by atoms with E-state index in [1.54, 1.807) is 11.3 Å². The molecule has 2 aromatic heterocycles. The largest absolute Gasteiger partial charge is 0.369 e. The van der Waals surface area contributed by atoms with Crippen molar-refractivity contribution in [2.45, 2.75) is 46.6 Å². The van der Waals surface area contributed by atoms with E-state index in [-0.39, 0.29) is 11.8 Å². The molecule has 0 aliphatic carbocycles. The van der Waals surface area contributed by atoms with Gasteiger partial charge in [0.1, 0.15) is 5.82 Å². The number of hydrogen-bond donors (Lipinski definition) is 3. The Morgan fingerprint density at radius 3 is 2.74 bits per heavy atom. The second kappa shape index (κ2) is 11.1. The van der Waals surface area contributed by atoms with Gasteiger partial charge in [-0.25, -0.2) is 15.0 Å². The number of nitrogens with one attached hydrogen (secondary N) is 2. The third-order valence-electron chi connectivity index (χ3n) is 5.52. The van der Waals surface area contributed by atoms with Gasteiger partial charge in [0.15, 0.2) is 5.96 Å². The van der Waals surface area contributed by atoms with E-state index in [0.717, 1.165) is 73.5 Å². The Hall–Kier alpha value is -2.68. The Balaban J connectivity index is 1.61. The number of carbonyl (C=O) groups excluding carboxylic acids is 1. The zero-order chi connectivity index (χ0) is 22.2. The van der Waals surface area contributed by atoms with Crippen LogP contribution in [0.4, 0.5) is 5.82 Å². The summed E-state index contributed by atoms with van der Waals surface area (Å²) in [6.07, 6.45) is 4.23. The van der Waals surface area contributed by atoms with Crippen molar-refractivity contribution in [3.63, 3.8) is 0 Å². The lowest BCUT2D eigenvalue weighted by Crippen LogP contribution is -2.39. The summed E-state index contributed by atoms with van der Waals surface area (Å²) < 4.78 is 0. The lowest BCUT2D eigenvalue weighted by Gasteiger charge is -2.32. The zero-order valence-corrected chi connectivity index (χ0v) is 19.5. The third kappa shape index (κ3) is 6.40. The number of thiazole rings is 1. The highest BCUT2D eigenvalue weighted by atomic mass is 32.1. The minimum absolute atomic E-state index is 0.0311. The SMILES string of the molecule is CCNC(=NCc1cccnc1N1CCC(C(N)=O)CC1)NCCc1nc(C)c(C)s1. The summed E-state index contributed by atoms with van der Waals surface area (Å²) in [6, 6.07) is 4.01. The summed E-state index contributed by atoms with van der Waals surface area (Å²) in [6.45, 7) is 9.89. The molecule has 1 aliphatic rings. The van der Waals surface area contributed by atoms with Crippen LogP contribution in [0.2, 0.25) is 0 Å². The minimum atomic E-state index is -0.199. The van der Waals surface area contributed by atoms with Crippen LogP contribution in [-0.4, -0.2) is 48.0 Å². The average Bonchev–Trinajstić information content (AvgIpc) is 3.09. The average molecular weight is 444 g/mol. The Labute approximate surface area is 188 Å². The Kier molecular flexibility index (Phi) is 8.22. The van der Waals surface area contributed by atoms with Crippen LogP contribution >= 0.6 is 11.3 Å². The van der Waals surface area contributed by atoms with Crippen LogP contribution in [0.5, 0.6) is 0 Å². The first-order valence-corrected chi connectivity index (χ1v) is 11.7. The highest BCUT2D eigenvalue weighted by molar-refractivity contribution is 7.11. The molecule has 0 spiro atoms. The molecule has 3 rings (SSSR count). The van der Waals surface area contributed by atoms with Gasteiger partial charge in [-0.3, -0.25) is 4.79 Å². The van der Waals surface area contributed by atoms with Crippen LogP contribution in [0.3, 0.4) is 0 Å². The number of guanidine groups is 1. The molecule has 1 fully saturated rings. The molecule has 2 aromatic rings.